The van der Waals surface area contributed by atoms with Crippen molar-refractivity contribution in [3.05, 3.63) is 141 Å². The van der Waals surface area contributed by atoms with Crippen molar-refractivity contribution < 1.29 is 0 Å². The lowest BCUT2D eigenvalue weighted by atomic mass is 10.0. The largest absolute Gasteiger partial charge is 0.245 e. The highest BCUT2D eigenvalue weighted by molar-refractivity contribution is 5.89. The SMILES string of the molecule is c1ccc(C2=C(c3ccccc3)N=c3ccccc3=c3ccccc3=N2)cc1. The Balaban J connectivity index is 2.01. The van der Waals surface area contributed by atoms with Gasteiger partial charge in [-0.15, -0.1) is 0 Å². The van der Waals surface area contributed by atoms with Crippen molar-refractivity contribution in [1.82, 2.24) is 0 Å². The summed E-state index contributed by atoms with van der Waals surface area (Å²) in [5.74, 6) is 0. The number of para-hydroxylation sites is 2. The van der Waals surface area contributed by atoms with E-state index in [1.165, 1.54) is 0 Å². The highest BCUT2D eigenvalue weighted by atomic mass is 14.8. The molecule has 28 heavy (non-hydrogen) atoms. The molecule has 0 unspecified atom stereocenters. The molecule has 4 aromatic carbocycles. The number of benzene rings is 4. The van der Waals surface area contributed by atoms with Gasteiger partial charge < -0.3 is 0 Å². The normalized spacial score (nSPS) is 12.7. The Labute approximate surface area is 163 Å². The van der Waals surface area contributed by atoms with Gasteiger partial charge >= 0.3 is 0 Å². The van der Waals surface area contributed by atoms with Crippen LogP contribution in [0.5, 0.6) is 0 Å². The lowest BCUT2D eigenvalue weighted by Gasteiger charge is -2.11. The first-order chi connectivity index (χ1) is 13.9. The monoisotopic (exact) mass is 358 g/mol. The second-order valence-corrected chi connectivity index (χ2v) is 6.69. The molecule has 0 fully saturated rings. The minimum absolute atomic E-state index is 0.883. The van der Waals surface area contributed by atoms with Gasteiger partial charge in [0.25, 0.3) is 0 Å². The molecule has 0 spiro atoms. The molecule has 1 aliphatic rings. The summed E-state index contributed by atoms with van der Waals surface area (Å²) in [6.07, 6.45) is 0. The van der Waals surface area contributed by atoms with Crippen molar-refractivity contribution >= 4 is 11.4 Å². The van der Waals surface area contributed by atoms with Crippen molar-refractivity contribution in [2.45, 2.75) is 0 Å². The molecule has 2 nitrogen and oxygen atoms in total. The quantitative estimate of drug-likeness (QED) is 0.494. The van der Waals surface area contributed by atoms with Gasteiger partial charge in [0, 0.05) is 21.6 Å². The maximum atomic E-state index is 5.11. The van der Waals surface area contributed by atoms with E-state index < -0.39 is 0 Å². The Bertz CT molecular complexity index is 1280. The molecule has 0 bridgehead atoms. The summed E-state index contributed by atoms with van der Waals surface area (Å²) in [4.78, 5) is 10.2. The van der Waals surface area contributed by atoms with Crippen molar-refractivity contribution in [2.75, 3.05) is 0 Å². The molecule has 4 aromatic rings. The first kappa shape index (κ1) is 16.4. The highest BCUT2D eigenvalue weighted by Crippen LogP contribution is 2.28. The zero-order valence-electron chi connectivity index (χ0n) is 15.3. The first-order valence-electron chi connectivity index (χ1n) is 9.37. The Morgan fingerprint density at radius 3 is 1.14 bits per heavy atom. The zero-order valence-corrected chi connectivity index (χ0v) is 15.3. The molecule has 5 rings (SSSR count). The fourth-order valence-corrected chi connectivity index (χ4v) is 3.54. The molecular formula is C26H18N2. The third-order valence-corrected chi connectivity index (χ3v) is 4.88. The summed E-state index contributed by atoms with van der Waals surface area (Å²) in [5, 5.41) is 4.11. The standard InChI is InChI=1S/C26H18N2/c1-3-11-19(12-4-1)25-26(20-13-5-2-6-14-20)28-24-18-10-8-16-22(24)21-15-7-9-17-23(21)27-25/h1-18H. The average molecular weight is 358 g/mol. The maximum absolute atomic E-state index is 5.11. The molecule has 0 aliphatic carbocycles. The minimum atomic E-state index is 0.883. The van der Waals surface area contributed by atoms with E-state index in [9.17, 15) is 0 Å². The summed E-state index contributed by atoms with van der Waals surface area (Å²) >= 11 is 0. The van der Waals surface area contributed by atoms with E-state index in [0.717, 1.165) is 43.7 Å². The predicted molar refractivity (Wildman–Crippen MR) is 113 cm³/mol. The summed E-state index contributed by atoms with van der Waals surface area (Å²) in [6, 6.07) is 37.1. The van der Waals surface area contributed by atoms with Gasteiger partial charge in [0.1, 0.15) is 0 Å². The molecule has 0 aromatic heterocycles. The fraction of sp³-hybridized carbons (Fsp3) is 0. The Hall–Kier alpha value is -3.78. The van der Waals surface area contributed by atoms with Gasteiger partial charge in [-0.2, -0.15) is 0 Å². The van der Waals surface area contributed by atoms with Crippen LogP contribution in [0, 0.1) is 10.4 Å². The summed E-state index contributed by atoms with van der Waals surface area (Å²) in [5.41, 5.74) is 3.88. The number of fused-ring (bicyclic) bond motifs is 2. The Morgan fingerprint density at radius 1 is 0.357 bits per heavy atom. The fourth-order valence-electron chi connectivity index (χ4n) is 3.54. The van der Waals surface area contributed by atoms with E-state index in [0.29, 0.717) is 0 Å². The summed E-state index contributed by atoms with van der Waals surface area (Å²) in [6.45, 7) is 0. The van der Waals surface area contributed by atoms with E-state index in [2.05, 4.69) is 60.7 Å². The van der Waals surface area contributed by atoms with Crippen LogP contribution in [-0.2, 0) is 0 Å². The molecule has 2 heteroatoms. The molecule has 132 valence electrons. The highest BCUT2D eigenvalue weighted by Gasteiger charge is 2.12. The van der Waals surface area contributed by atoms with Gasteiger partial charge in [-0.25, -0.2) is 9.98 Å². The van der Waals surface area contributed by atoms with Crippen molar-refractivity contribution in [3.63, 3.8) is 0 Å². The van der Waals surface area contributed by atoms with Crippen LogP contribution in [0.3, 0.4) is 0 Å². The zero-order chi connectivity index (χ0) is 18.8. The van der Waals surface area contributed by atoms with Crippen LogP contribution in [0.2, 0.25) is 0 Å². The summed E-state index contributed by atoms with van der Waals surface area (Å²) < 4.78 is 0. The molecule has 0 N–H and O–H groups in total. The predicted octanol–water partition coefficient (Wildman–Crippen LogP) is 4.75. The van der Waals surface area contributed by atoms with Gasteiger partial charge in [-0.1, -0.05) is 97.1 Å². The van der Waals surface area contributed by atoms with E-state index in [1.54, 1.807) is 0 Å². The van der Waals surface area contributed by atoms with Crippen LogP contribution in [0.4, 0.5) is 0 Å². The topological polar surface area (TPSA) is 24.7 Å². The second kappa shape index (κ2) is 7.09. The van der Waals surface area contributed by atoms with Gasteiger partial charge in [0.15, 0.2) is 0 Å². The van der Waals surface area contributed by atoms with E-state index in [1.807, 2.05) is 48.5 Å². The third kappa shape index (κ3) is 2.95. The van der Waals surface area contributed by atoms with Gasteiger partial charge in [0.2, 0.25) is 0 Å². The van der Waals surface area contributed by atoms with Crippen molar-refractivity contribution in [3.8, 4) is 0 Å². The van der Waals surface area contributed by atoms with E-state index in [4.69, 9.17) is 9.98 Å². The van der Waals surface area contributed by atoms with Crippen LogP contribution in [0.15, 0.2) is 119 Å². The van der Waals surface area contributed by atoms with Crippen LogP contribution >= 0.6 is 0 Å². The number of hydrogen-bond donors (Lipinski definition) is 0. The molecule has 1 heterocycles. The van der Waals surface area contributed by atoms with Gasteiger partial charge in [-0.3, -0.25) is 0 Å². The van der Waals surface area contributed by atoms with Crippen LogP contribution in [-0.4, -0.2) is 0 Å². The lowest BCUT2D eigenvalue weighted by Crippen LogP contribution is -2.13. The molecule has 0 saturated carbocycles. The second-order valence-electron chi connectivity index (χ2n) is 6.69. The van der Waals surface area contributed by atoms with Gasteiger partial charge in [-0.05, 0) is 12.1 Å². The number of nitrogens with zero attached hydrogens (tertiary/aromatic N) is 2. The average Bonchev–Trinajstić information content (AvgIpc) is 2.76. The third-order valence-electron chi connectivity index (χ3n) is 4.88. The number of rotatable bonds is 2. The Morgan fingerprint density at radius 2 is 0.714 bits per heavy atom. The summed E-state index contributed by atoms with van der Waals surface area (Å²) in [7, 11) is 0. The molecule has 0 amide bonds. The van der Waals surface area contributed by atoms with Crippen LogP contribution < -0.4 is 10.7 Å². The molecule has 1 aliphatic heterocycles. The van der Waals surface area contributed by atoms with E-state index in [-0.39, 0.29) is 0 Å². The Kier molecular flexibility index (Phi) is 4.15. The van der Waals surface area contributed by atoms with Crippen molar-refractivity contribution in [1.29, 1.82) is 0 Å². The molecular weight excluding hydrogens is 340 g/mol. The molecule has 0 atom stereocenters. The maximum Gasteiger partial charge on any atom is 0.0972 e. The lowest BCUT2D eigenvalue weighted by molar-refractivity contribution is 1.21. The smallest absolute Gasteiger partial charge is 0.0972 e. The van der Waals surface area contributed by atoms with E-state index >= 15 is 0 Å². The first-order valence-corrected chi connectivity index (χ1v) is 9.37. The molecule has 0 radical (unpaired) electrons. The van der Waals surface area contributed by atoms with Crippen LogP contribution in [0.1, 0.15) is 11.1 Å². The molecule has 0 saturated heterocycles. The van der Waals surface area contributed by atoms with Crippen LogP contribution in [0.25, 0.3) is 11.4 Å². The minimum Gasteiger partial charge on any atom is -0.245 e. The van der Waals surface area contributed by atoms with Gasteiger partial charge in [0.05, 0.1) is 22.1 Å². The van der Waals surface area contributed by atoms with Crippen molar-refractivity contribution in [2.24, 2.45) is 9.98 Å². The number of hydrogen-bond acceptors (Lipinski definition) is 2.